The second-order valence-corrected chi connectivity index (χ2v) is 4.48. The Labute approximate surface area is 91.4 Å². The summed E-state index contributed by atoms with van der Waals surface area (Å²) < 4.78 is 0. The number of rotatable bonds is 5. The first-order chi connectivity index (χ1) is 7.11. The number of piperidine rings is 1. The molecule has 88 valence electrons. The number of hydrogen-bond donors (Lipinski definition) is 2. The number of likely N-dealkylation sites (tertiary alicyclic amines) is 1. The zero-order valence-corrected chi connectivity index (χ0v) is 9.48. The maximum atomic E-state index is 10.7. The Balaban J connectivity index is 2.20. The molecule has 0 aliphatic carbocycles. The Kier molecular flexibility index (Phi) is 5.05. The Morgan fingerprint density at radius 1 is 1.53 bits per heavy atom. The van der Waals surface area contributed by atoms with Crippen LogP contribution in [0.5, 0.6) is 0 Å². The van der Waals surface area contributed by atoms with Crippen LogP contribution in [-0.2, 0) is 4.79 Å². The van der Waals surface area contributed by atoms with E-state index in [1.54, 1.807) is 0 Å². The second kappa shape index (κ2) is 6.08. The molecular formula is C11H22N2O2. The molecule has 0 saturated carbocycles. The number of aliphatic hydroxyl groups excluding tert-OH is 1. The number of hydrogen-bond acceptors (Lipinski definition) is 3. The minimum Gasteiger partial charge on any atom is -0.392 e. The van der Waals surface area contributed by atoms with Crippen LogP contribution in [0.2, 0.25) is 0 Å². The Morgan fingerprint density at radius 3 is 2.60 bits per heavy atom. The molecule has 1 rings (SSSR count). The zero-order chi connectivity index (χ0) is 11.3. The number of β-amino-alcohol motifs (C(OH)–C–C–N with tert-alkyl or cyclic N) is 1. The topological polar surface area (TPSA) is 66.6 Å². The molecular weight excluding hydrogens is 192 g/mol. The average Bonchev–Trinajstić information content (AvgIpc) is 2.20. The van der Waals surface area contributed by atoms with E-state index in [1.165, 1.54) is 0 Å². The lowest BCUT2D eigenvalue weighted by Gasteiger charge is -2.32. The number of aliphatic hydroxyl groups is 1. The number of carbonyl (C=O) groups excluding carboxylic acids is 1. The Hall–Kier alpha value is -0.610. The quantitative estimate of drug-likeness (QED) is 0.693. The van der Waals surface area contributed by atoms with E-state index in [0.717, 1.165) is 38.9 Å². The van der Waals surface area contributed by atoms with Gasteiger partial charge in [-0.2, -0.15) is 0 Å². The number of amides is 1. The van der Waals surface area contributed by atoms with Crippen LogP contribution in [-0.4, -0.2) is 41.7 Å². The predicted octanol–water partition coefficient (Wildman–Crippen LogP) is 0.345. The van der Waals surface area contributed by atoms with Gasteiger partial charge in [-0.15, -0.1) is 0 Å². The zero-order valence-electron chi connectivity index (χ0n) is 9.48. The number of primary amides is 1. The van der Waals surface area contributed by atoms with Crippen molar-refractivity contribution >= 4 is 5.91 Å². The van der Waals surface area contributed by atoms with E-state index in [1.807, 2.05) is 6.92 Å². The average molecular weight is 214 g/mol. The summed E-state index contributed by atoms with van der Waals surface area (Å²) in [5, 5.41) is 9.51. The summed E-state index contributed by atoms with van der Waals surface area (Å²) in [6.07, 6.45) is 3.17. The maximum absolute atomic E-state index is 10.7. The number of carbonyl (C=O) groups is 1. The van der Waals surface area contributed by atoms with Gasteiger partial charge in [-0.1, -0.05) is 6.92 Å². The molecule has 0 spiro atoms. The first-order valence-electron chi connectivity index (χ1n) is 5.80. The lowest BCUT2D eigenvalue weighted by atomic mass is 9.93. The Morgan fingerprint density at radius 2 is 2.13 bits per heavy atom. The molecule has 1 heterocycles. The standard InChI is InChI=1S/C11H22N2O2/c1-2-10(14)8-13-5-3-9(4-6-13)7-11(12)15/h9-10,14H,2-8H2,1H3,(H2,12,15). The summed E-state index contributed by atoms with van der Waals surface area (Å²) in [7, 11) is 0. The van der Waals surface area contributed by atoms with Gasteiger partial charge in [-0.25, -0.2) is 0 Å². The van der Waals surface area contributed by atoms with Gasteiger partial charge < -0.3 is 15.7 Å². The molecule has 3 N–H and O–H groups in total. The molecule has 4 nitrogen and oxygen atoms in total. The van der Waals surface area contributed by atoms with E-state index >= 15 is 0 Å². The minimum atomic E-state index is -0.210. The van der Waals surface area contributed by atoms with Crippen molar-refractivity contribution in [2.24, 2.45) is 11.7 Å². The van der Waals surface area contributed by atoms with Crippen molar-refractivity contribution in [1.29, 1.82) is 0 Å². The van der Waals surface area contributed by atoms with Crippen molar-refractivity contribution in [3.8, 4) is 0 Å². The van der Waals surface area contributed by atoms with Crippen molar-refractivity contribution in [3.63, 3.8) is 0 Å². The Bertz CT molecular complexity index is 201. The van der Waals surface area contributed by atoms with Crippen molar-refractivity contribution < 1.29 is 9.90 Å². The molecule has 1 aliphatic heterocycles. The smallest absolute Gasteiger partial charge is 0.217 e. The third-order valence-corrected chi connectivity index (χ3v) is 3.14. The highest BCUT2D eigenvalue weighted by Gasteiger charge is 2.21. The molecule has 1 amide bonds. The fourth-order valence-corrected chi connectivity index (χ4v) is 2.08. The molecule has 0 radical (unpaired) electrons. The monoisotopic (exact) mass is 214 g/mol. The summed E-state index contributed by atoms with van der Waals surface area (Å²) in [4.78, 5) is 13.0. The van der Waals surface area contributed by atoms with Crippen LogP contribution in [0.15, 0.2) is 0 Å². The summed E-state index contributed by atoms with van der Waals surface area (Å²) in [5.41, 5.74) is 5.17. The summed E-state index contributed by atoms with van der Waals surface area (Å²) in [5.74, 6) is 0.263. The highest BCUT2D eigenvalue weighted by Crippen LogP contribution is 2.20. The molecule has 1 fully saturated rings. The fraction of sp³-hybridized carbons (Fsp3) is 0.909. The van der Waals surface area contributed by atoms with Crippen molar-refractivity contribution in [1.82, 2.24) is 4.90 Å². The molecule has 0 aromatic carbocycles. The molecule has 0 aromatic heterocycles. The van der Waals surface area contributed by atoms with Gasteiger partial charge in [0.05, 0.1) is 6.10 Å². The third kappa shape index (κ3) is 4.62. The van der Waals surface area contributed by atoms with Crippen molar-refractivity contribution in [2.45, 2.75) is 38.7 Å². The molecule has 0 bridgehead atoms. The van der Waals surface area contributed by atoms with Gasteiger partial charge in [0, 0.05) is 13.0 Å². The van der Waals surface area contributed by atoms with Crippen LogP contribution in [0.25, 0.3) is 0 Å². The first kappa shape index (κ1) is 12.5. The molecule has 1 aliphatic rings. The number of nitrogens with two attached hydrogens (primary N) is 1. The van der Waals surface area contributed by atoms with Crippen LogP contribution in [0.4, 0.5) is 0 Å². The first-order valence-corrected chi connectivity index (χ1v) is 5.80. The van der Waals surface area contributed by atoms with Gasteiger partial charge in [0.25, 0.3) is 0 Å². The van der Waals surface area contributed by atoms with E-state index < -0.39 is 0 Å². The summed E-state index contributed by atoms with van der Waals surface area (Å²) in [6.45, 7) is 4.72. The highest BCUT2D eigenvalue weighted by molar-refractivity contribution is 5.73. The highest BCUT2D eigenvalue weighted by atomic mass is 16.3. The van der Waals surface area contributed by atoms with Gasteiger partial charge in [0.2, 0.25) is 5.91 Å². The largest absolute Gasteiger partial charge is 0.392 e. The van der Waals surface area contributed by atoms with Gasteiger partial charge in [-0.3, -0.25) is 4.79 Å². The fourth-order valence-electron chi connectivity index (χ4n) is 2.08. The van der Waals surface area contributed by atoms with E-state index in [2.05, 4.69) is 4.90 Å². The van der Waals surface area contributed by atoms with E-state index in [9.17, 15) is 9.90 Å². The molecule has 15 heavy (non-hydrogen) atoms. The van der Waals surface area contributed by atoms with Crippen molar-refractivity contribution in [2.75, 3.05) is 19.6 Å². The molecule has 1 unspecified atom stereocenters. The SMILES string of the molecule is CCC(O)CN1CCC(CC(N)=O)CC1. The van der Waals surface area contributed by atoms with Crippen molar-refractivity contribution in [3.05, 3.63) is 0 Å². The van der Waals surface area contributed by atoms with Crippen LogP contribution in [0.3, 0.4) is 0 Å². The van der Waals surface area contributed by atoms with Crippen LogP contribution >= 0.6 is 0 Å². The molecule has 4 heteroatoms. The van der Waals surface area contributed by atoms with Crippen LogP contribution < -0.4 is 5.73 Å². The third-order valence-electron chi connectivity index (χ3n) is 3.14. The predicted molar refractivity (Wildman–Crippen MR) is 59.3 cm³/mol. The van der Waals surface area contributed by atoms with E-state index in [0.29, 0.717) is 12.3 Å². The lowest BCUT2D eigenvalue weighted by Crippen LogP contribution is -2.39. The van der Waals surface area contributed by atoms with Gasteiger partial charge >= 0.3 is 0 Å². The normalized spacial score (nSPS) is 21.5. The second-order valence-electron chi connectivity index (χ2n) is 4.48. The van der Waals surface area contributed by atoms with Gasteiger partial charge in [0.15, 0.2) is 0 Å². The van der Waals surface area contributed by atoms with Crippen LogP contribution in [0, 0.1) is 5.92 Å². The minimum absolute atomic E-state index is 0.193. The van der Waals surface area contributed by atoms with Gasteiger partial charge in [0.1, 0.15) is 0 Å². The van der Waals surface area contributed by atoms with Gasteiger partial charge in [-0.05, 0) is 38.3 Å². The molecule has 1 saturated heterocycles. The lowest BCUT2D eigenvalue weighted by molar-refractivity contribution is -0.119. The number of nitrogens with zero attached hydrogens (tertiary/aromatic N) is 1. The summed E-state index contributed by atoms with van der Waals surface area (Å²) >= 11 is 0. The molecule has 1 atom stereocenters. The van der Waals surface area contributed by atoms with E-state index in [4.69, 9.17) is 5.73 Å². The maximum Gasteiger partial charge on any atom is 0.217 e. The summed E-state index contributed by atoms with van der Waals surface area (Å²) in [6, 6.07) is 0. The molecule has 0 aromatic rings. The van der Waals surface area contributed by atoms with Crippen LogP contribution in [0.1, 0.15) is 32.6 Å². The van der Waals surface area contributed by atoms with E-state index in [-0.39, 0.29) is 12.0 Å².